The van der Waals surface area contributed by atoms with Gasteiger partial charge in [0.1, 0.15) is 6.04 Å². The fraction of sp³-hybridized carbons (Fsp3) is 0.529. The van der Waals surface area contributed by atoms with E-state index in [9.17, 15) is 9.59 Å². The summed E-state index contributed by atoms with van der Waals surface area (Å²) >= 11 is 0. The Bertz CT molecular complexity index is 507. The summed E-state index contributed by atoms with van der Waals surface area (Å²) in [4.78, 5) is 25.5. The van der Waals surface area contributed by atoms with Crippen molar-refractivity contribution in [1.29, 1.82) is 0 Å². The van der Waals surface area contributed by atoms with E-state index in [4.69, 9.17) is 0 Å². The maximum absolute atomic E-state index is 12.3. The maximum Gasteiger partial charge on any atom is 0.245 e. The Morgan fingerprint density at radius 1 is 1.14 bits per heavy atom. The van der Waals surface area contributed by atoms with Crippen LogP contribution >= 0.6 is 0 Å². The number of nitrogens with one attached hydrogen (secondary N) is 1. The van der Waals surface area contributed by atoms with Crippen molar-refractivity contribution >= 4 is 11.8 Å². The molecule has 112 valence electrons. The first-order valence-electron chi connectivity index (χ1n) is 7.84. The van der Waals surface area contributed by atoms with Gasteiger partial charge in [-0.3, -0.25) is 9.59 Å². The lowest BCUT2D eigenvalue weighted by atomic mass is 9.90. The minimum absolute atomic E-state index is 0.00677. The summed E-state index contributed by atoms with van der Waals surface area (Å²) in [5.41, 5.74) is 1.38. The van der Waals surface area contributed by atoms with E-state index in [2.05, 4.69) is 29.6 Å². The molecule has 0 aromatic heterocycles. The van der Waals surface area contributed by atoms with Crippen molar-refractivity contribution in [2.24, 2.45) is 5.92 Å². The fourth-order valence-corrected chi connectivity index (χ4v) is 3.32. The van der Waals surface area contributed by atoms with Gasteiger partial charge in [-0.15, -0.1) is 0 Å². The van der Waals surface area contributed by atoms with Gasteiger partial charge in [-0.1, -0.05) is 30.3 Å². The molecule has 1 N–H and O–H groups in total. The van der Waals surface area contributed by atoms with Gasteiger partial charge in [0.15, 0.2) is 0 Å². The molecule has 1 unspecified atom stereocenters. The summed E-state index contributed by atoms with van der Waals surface area (Å²) in [6.45, 7) is 1.64. The Kier molecular flexibility index (Phi) is 4.23. The molecule has 1 aromatic rings. The molecule has 0 spiro atoms. The number of nitrogens with zero attached hydrogens (tertiary/aromatic N) is 1. The highest BCUT2D eigenvalue weighted by Gasteiger charge is 2.32. The molecule has 2 saturated heterocycles. The van der Waals surface area contributed by atoms with Crippen LogP contribution in [0, 0.1) is 5.92 Å². The highest BCUT2D eigenvalue weighted by atomic mass is 16.2. The van der Waals surface area contributed by atoms with Crippen LogP contribution in [0.3, 0.4) is 0 Å². The first-order valence-corrected chi connectivity index (χ1v) is 7.84. The summed E-state index contributed by atoms with van der Waals surface area (Å²) in [6, 6.07) is 10.3. The fourth-order valence-electron chi connectivity index (χ4n) is 3.32. The molecule has 0 bridgehead atoms. The molecule has 1 aromatic carbocycles. The van der Waals surface area contributed by atoms with E-state index < -0.39 is 0 Å². The molecule has 2 aliphatic rings. The number of rotatable bonds is 3. The molecule has 2 amide bonds. The molecule has 0 radical (unpaired) electrons. The van der Waals surface area contributed by atoms with E-state index in [0.29, 0.717) is 18.8 Å². The van der Waals surface area contributed by atoms with Gasteiger partial charge in [0, 0.05) is 19.5 Å². The van der Waals surface area contributed by atoms with Gasteiger partial charge in [0.25, 0.3) is 0 Å². The normalized spacial score (nSPS) is 23.1. The number of hydrogen-bond donors (Lipinski definition) is 1. The summed E-state index contributed by atoms with van der Waals surface area (Å²) in [5.74, 6) is 0.779. The molecule has 2 fully saturated rings. The van der Waals surface area contributed by atoms with Crippen LogP contribution in [0.2, 0.25) is 0 Å². The van der Waals surface area contributed by atoms with Crippen molar-refractivity contribution in [3.05, 3.63) is 35.9 Å². The van der Waals surface area contributed by atoms with Gasteiger partial charge < -0.3 is 10.2 Å². The van der Waals surface area contributed by atoms with Crippen LogP contribution in [0.5, 0.6) is 0 Å². The summed E-state index contributed by atoms with van der Waals surface area (Å²) in [5, 5.41) is 2.77. The third kappa shape index (κ3) is 3.43. The molecule has 4 heteroatoms. The molecule has 2 heterocycles. The van der Waals surface area contributed by atoms with Crippen molar-refractivity contribution < 1.29 is 9.59 Å². The first kappa shape index (κ1) is 14.1. The zero-order valence-electron chi connectivity index (χ0n) is 12.3. The molecule has 1 atom stereocenters. The van der Waals surface area contributed by atoms with Gasteiger partial charge in [-0.05, 0) is 37.2 Å². The van der Waals surface area contributed by atoms with Crippen molar-refractivity contribution in [2.45, 2.75) is 38.1 Å². The predicted octanol–water partition coefficient (Wildman–Crippen LogP) is 1.75. The third-order valence-corrected chi connectivity index (χ3v) is 4.59. The maximum atomic E-state index is 12.3. The third-order valence-electron chi connectivity index (χ3n) is 4.59. The van der Waals surface area contributed by atoms with Gasteiger partial charge in [-0.25, -0.2) is 0 Å². The van der Waals surface area contributed by atoms with Crippen molar-refractivity contribution in [1.82, 2.24) is 10.2 Å². The quantitative estimate of drug-likeness (QED) is 0.920. The van der Waals surface area contributed by atoms with Gasteiger partial charge >= 0.3 is 0 Å². The molecular weight excluding hydrogens is 264 g/mol. The number of benzene rings is 1. The second-order valence-corrected chi connectivity index (χ2v) is 6.12. The van der Waals surface area contributed by atoms with E-state index in [0.717, 1.165) is 32.4 Å². The zero-order valence-corrected chi connectivity index (χ0v) is 12.3. The minimum atomic E-state index is -0.275. The van der Waals surface area contributed by atoms with Crippen LogP contribution in [0.25, 0.3) is 0 Å². The average Bonchev–Trinajstić information content (AvgIpc) is 2.95. The van der Waals surface area contributed by atoms with Crippen molar-refractivity contribution in [3.8, 4) is 0 Å². The Labute approximate surface area is 125 Å². The topological polar surface area (TPSA) is 49.4 Å². The Morgan fingerprint density at radius 2 is 1.86 bits per heavy atom. The van der Waals surface area contributed by atoms with E-state index in [1.807, 2.05) is 11.0 Å². The van der Waals surface area contributed by atoms with Crippen LogP contribution in [-0.4, -0.2) is 35.8 Å². The summed E-state index contributed by atoms with van der Waals surface area (Å²) in [7, 11) is 0. The molecule has 0 saturated carbocycles. The molecular formula is C17H22N2O2. The van der Waals surface area contributed by atoms with Gasteiger partial charge in [0.2, 0.25) is 11.8 Å². The van der Waals surface area contributed by atoms with Crippen LogP contribution < -0.4 is 5.32 Å². The number of carbonyl (C=O) groups excluding carboxylic acids is 2. The lowest BCUT2D eigenvalue weighted by molar-refractivity contribution is -0.135. The lowest BCUT2D eigenvalue weighted by Gasteiger charge is -2.33. The van der Waals surface area contributed by atoms with E-state index in [-0.39, 0.29) is 17.9 Å². The minimum Gasteiger partial charge on any atom is -0.344 e. The van der Waals surface area contributed by atoms with E-state index in [1.165, 1.54) is 5.56 Å². The number of likely N-dealkylation sites (tertiary alicyclic amines) is 1. The number of carbonyl (C=O) groups is 2. The first-order chi connectivity index (χ1) is 10.2. The molecule has 3 rings (SSSR count). The largest absolute Gasteiger partial charge is 0.344 e. The van der Waals surface area contributed by atoms with Crippen LogP contribution in [0.1, 0.15) is 31.2 Å². The van der Waals surface area contributed by atoms with E-state index in [1.54, 1.807) is 0 Å². The summed E-state index contributed by atoms with van der Waals surface area (Å²) < 4.78 is 0. The van der Waals surface area contributed by atoms with Crippen molar-refractivity contribution in [3.63, 3.8) is 0 Å². The molecule has 2 aliphatic heterocycles. The number of amides is 2. The molecule has 0 aliphatic carbocycles. The number of hydrogen-bond acceptors (Lipinski definition) is 2. The Hall–Kier alpha value is -1.84. The Balaban J connectivity index is 1.49. The van der Waals surface area contributed by atoms with Crippen LogP contribution in [0.15, 0.2) is 30.3 Å². The molecule has 4 nitrogen and oxygen atoms in total. The Morgan fingerprint density at radius 3 is 2.48 bits per heavy atom. The highest BCUT2D eigenvalue weighted by molar-refractivity contribution is 5.90. The van der Waals surface area contributed by atoms with Gasteiger partial charge in [-0.2, -0.15) is 0 Å². The van der Waals surface area contributed by atoms with E-state index >= 15 is 0 Å². The summed E-state index contributed by atoms with van der Waals surface area (Å²) in [6.07, 6.45) is 4.36. The van der Waals surface area contributed by atoms with Gasteiger partial charge in [0.05, 0.1) is 0 Å². The monoisotopic (exact) mass is 286 g/mol. The zero-order chi connectivity index (χ0) is 14.7. The SMILES string of the molecule is O=C1CCC(C(=O)N2CCC(Cc3ccccc3)CC2)N1. The van der Waals surface area contributed by atoms with Crippen LogP contribution in [-0.2, 0) is 16.0 Å². The highest BCUT2D eigenvalue weighted by Crippen LogP contribution is 2.23. The van der Waals surface area contributed by atoms with Crippen LogP contribution in [0.4, 0.5) is 0 Å². The average molecular weight is 286 g/mol. The second-order valence-electron chi connectivity index (χ2n) is 6.12. The lowest BCUT2D eigenvalue weighted by Crippen LogP contribution is -2.47. The smallest absolute Gasteiger partial charge is 0.245 e. The van der Waals surface area contributed by atoms with Crippen molar-refractivity contribution in [2.75, 3.05) is 13.1 Å². The molecule has 21 heavy (non-hydrogen) atoms. The predicted molar refractivity (Wildman–Crippen MR) is 80.6 cm³/mol. The number of piperidine rings is 1. The second kappa shape index (κ2) is 6.29. The standard InChI is InChI=1S/C17H22N2O2/c20-16-7-6-15(18-16)17(21)19-10-8-14(9-11-19)12-13-4-2-1-3-5-13/h1-5,14-15H,6-12H2,(H,18,20).